The standard InChI is InChI=1S/C28H52ClN5O5Si3/c1-16(2)41(17(3)4)35-14-20-22(38-42(39-41,18(5)6)19(7)8)23(37-40(12,13)28(9,10)11)26(36-20)34-15-31-21-24(30)32-27(29)33-25(21)34/h15-20,22-23,26H,14H2,1-13H3,(H2,30,32,33)/t20-,22-,23-,26-/m1/s1. The number of nitrogens with two attached hydrogens (primary N) is 1. The van der Waals surface area contributed by atoms with Gasteiger partial charge in [-0.3, -0.25) is 4.57 Å². The third kappa shape index (κ3) is 5.78. The molecular formula is C28H52ClN5O5Si3. The summed E-state index contributed by atoms with van der Waals surface area (Å²) in [4.78, 5) is 13.1. The van der Waals surface area contributed by atoms with Gasteiger partial charge in [-0.15, -0.1) is 0 Å². The van der Waals surface area contributed by atoms with Crippen LogP contribution < -0.4 is 5.73 Å². The summed E-state index contributed by atoms with van der Waals surface area (Å²) < 4.78 is 38.0. The van der Waals surface area contributed by atoms with Crippen LogP contribution >= 0.6 is 11.6 Å². The number of halogens is 1. The zero-order valence-corrected chi connectivity index (χ0v) is 31.4. The number of rotatable bonds is 7. The van der Waals surface area contributed by atoms with Gasteiger partial charge in [-0.1, -0.05) is 76.2 Å². The first kappa shape index (κ1) is 34.0. The highest BCUT2D eigenvalue weighted by molar-refractivity contribution is 6.84. The smallest absolute Gasteiger partial charge is 0.335 e. The summed E-state index contributed by atoms with van der Waals surface area (Å²) in [7, 11) is -7.97. The highest BCUT2D eigenvalue weighted by Crippen LogP contribution is 2.50. The van der Waals surface area contributed by atoms with Crippen LogP contribution in [0.15, 0.2) is 6.33 Å². The fraction of sp³-hybridized carbons (Fsp3) is 0.821. The first-order valence-electron chi connectivity index (χ1n) is 15.3. The van der Waals surface area contributed by atoms with E-state index in [9.17, 15) is 0 Å². The molecule has 238 valence electrons. The lowest BCUT2D eigenvalue weighted by Gasteiger charge is -2.52. The van der Waals surface area contributed by atoms with Gasteiger partial charge in [0.25, 0.3) is 0 Å². The molecule has 10 nitrogen and oxygen atoms in total. The van der Waals surface area contributed by atoms with Crippen molar-refractivity contribution in [2.45, 2.75) is 141 Å². The minimum Gasteiger partial charge on any atom is -0.414 e. The Morgan fingerprint density at radius 1 is 1.00 bits per heavy atom. The summed E-state index contributed by atoms with van der Waals surface area (Å²) in [5, 5.41) is 0.00960. The molecule has 0 unspecified atom stereocenters. The second kappa shape index (κ2) is 11.8. The van der Waals surface area contributed by atoms with Crippen molar-refractivity contribution in [3.63, 3.8) is 0 Å². The largest absolute Gasteiger partial charge is 0.414 e. The molecule has 2 N–H and O–H groups in total. The molecular weight excluding hydrogens is 606 g/mol. The van der Waals surface area contributed by atoms with Crippen LogP contribution in [0.1, 0.15) is 82.4 Å². The highest BCUT2D eigenvalue weighted by atomic mass is 35.5. The average Bonchev–Trinajstić information content (AvgIpc) is 3.38. The average molecular weight is 658 g/mol. The van der Waals surface area contributed by atoms with E-state index >= 15 is 0 Å². The molecule has 0 spiro atoms. The van der Waals surface area contributed by atoms with E-state index in [1.54, 1.807) is 6.33 Å². The van der Waals surface area contributed by atoms with Crippen molar-refractivity contribution in [2.75, 3.05) is 12.3 Å². The summed E-state index contributed by atoms with van der Waals surface area (Å²) in [6.45, 7) is 29.4. The topological polar surface area (TPSA) is 116 Å². The van der Waals surface area contributed by atoms with Crippen molar-refractivity contribution in [3.8, 4) is 0 Å². The Balaban J connectivity index is 1.91. The number of aromatic nitrogens is 4. The molecule has 14 heteroatoms. The SMILES string of the molecule is CC(C)[Si]1(C(C)C)OC[C@H]2O[C@@H](n3cnc4c(N)nc(Cl)nc43)[C@H](O[Si](C)(C)C(C)(C)C)[C@@H]2O[Si](C(C)C)(C(C)C)O1. The van der Waals surface area contributed by atoms with Crippen LogP contribution in [0.2, 0.25) is 45.6 Å². The van der Waals surface area contributed by atoms with Gasteiger partial charge in [0.05, 0.1) is 12.9 Å². The van der Waals surface area contributed by atoms with Crippen molar-refractivity contribution in [1.29, 1.82) is 0 Å². The Hall–Kier alpha value is -0.909. The number of fused-ring (bicyclic) bond motifs is 2. The number of nitrogens with zero attached hydrogens (tertiary/aromatic N) is 4. The number of imidazole rings is 1. The van der Waals surface area contributed by atoms with Gasteiger partial charge in [-0.2, -0.15) is 9.97 Å². The van der Waals surface area contributed by atoms with Crippen molar-refractivity contribution in [2.24, 2.45) is 0 Å². The molecule has 4 heterocycles. The molecule has 2 fully saturated rings. The minimum absolute atomic E-state index is 0.0425. The van der Waals surface area contributed by atoms with Gasteiger partial charge in [0.15, 0.2) is 26.0 Å². The Kier molecular flexibility index (Phi) is 9.53. The summed E-state index contributed by atoms with van der Waals surface area (Å²) in [5.41, 5.74) is 7.97. The minimum atomic E-state index is -2.92. The molecule has 0 radical (unpaired) electrons. The number of ether oxygens (including phenoxy) is 1. The number of nitrogen functional groups attached to an aromatic ring is 1. The predicted octanol–water partition coefficient (Wildman–Crippen LogP) is 7.31. The third-order valence-corrected chi connectivity index (χ3v) is 24.4. The van der Waals surface area contributed by atoms with Gasteiger partial charge in [0.2, 0.25) is 5.28 Å². The quantitative estimate of drug-likeness (QED) is 0.242. The molecule has 2 saturated heterocycles. The van der Waals surface area contributed by atoms with Crippen LogP contribution in [-0.4, -0.2) is 69.9 Å². The van der Waals surface area contributed by atoms with Gasteiger partial charge in [-0.05, 0) is 51.9 Å². The van der Waals surface area contributed by atoms with Crippen molar-refractivity contribution in [1.82, 2.24) is 19.5 Å². The fourth-order valence-corrected chi connectivity index (χ4v) is 18.7. The lowest BCUT2D eigenvalue weighted by atomic mass is 10.1. The molecule has 0 amide bonds. The molecule has 2 aliphatic rings. The summed E-state index contributed by atoms with van der Waals surface area (Å²) in [5.74, 6) is 0.221. The zero-order valence-electron chi connectivity index (χ0n) is 27.7. The Morgan fingerprint density at radius 2 is 1.57 bits per heavy atom. The van der Waals surface area contributed by atoms with Crippen LogP contribution in [-0.2, 0) is 22.1 Å². The van der Waals surface area contributed by atoms with E-state index < -0.39 is 43.9 Å². The number of hydrogen-bond acceptors (Lipinski definition) is 9. The van der Waals surface area contributed by atoms with Gasteiger partial charge < -0.3 is 27.9 Å². The Bertz CT molecular complexity index is 1250. The zero-order chi connectivity index (χ0) is 31.6. The monoisotopic (exact) mass is 657 g/mol. The van der Waals surface area contributed by atoms with E-state index in [2.05, 4.69) is 104 Å². The highest BCUT2D eigenvalue weighted by Gasteiger charge is 2.63. The molecule has 2 aromatic heterocycles. The van der Waals surface area contributed by atoms with Gasteiger partial charge in [0.1, 0.15) is 23.8 Å². The second-order valence-corrected chi connectivity index (χ2v) is 28.6. The number of hydrogen-bond donors (Lipinski definition) is 1. The van der Waals surface area contributed by atoms with E-state index in [-0.39, 0.29) is 44.4 Å². The summed E-state index contributed by atoms with van der Waals surface area (Å²) in [6.07, 6.45) is -0.168. The van der Waals surface area contributed by atoms with E-state index in [0.717, 1.165) is 0 Å². The van der Waals surface area contributed by atoms with Crippen LogP contribution in [0.25, 0.3) is 11.2 Å². The lowest BCUT2D eigenvalue weighted by molar-refractivity contribution is -0.0565. The molecule has 0 aromatic carbocycles. The van der Waals surface area contributed by atoms with E-state index in [0.29, 0.717) is 17.8 Å². The van der Waals surface area contributed by atoms with Crippen molar-refractivity contribution in [3.05, 3.63) is 11.6 Å². The van der Waals surface area contributed by atoms with Gasteiger partial charge in [-0.25, -0.2) is 4.98 Å². The van der Waals surface area contributed by atoms with E-state index in [4.69, 9.17) is 39.5 Å². The first-order valence-corrected chi connectivity index (χ1v) is 22.5. The van der Waals surface area contributed by atoms with Crippen molar-refractivity contribution < 1.29 is 22.1 Å². The van der Waals surface area contributed by atoms with Crippen LogP contribution in [0.5, 0.6) is 0 Å². The second-order valence-electron chi connectivity index (χ2n) is 14.7. The summed E-state index contributed by atoms with van der Waals surface area (Å²) >= 11 is 6.27. The van der Waals surface area contributed by atoms with E-state index in [1.165, 1.54) is 0 Å². The fourth-order valence-electron chi connectivity index (χ4n) is 6.09. The maximum atomic E-state index is 7.47. The molecule has 2 aromatic rings. The maximum absolute atomic E-state index is 7.47. The Morgan fingerprint density at radius 3 is 2.10 bits per heavy atom. The Labute approximate surface area is 260 Å². The predicted molar refractivity (Wildman–Crippen MR) is 175 cm³/mol. The summed E-state index contributed by atoms with van der Waals surface area (Å²) in [6, 6.07) is 0. The molecule has 0 saturated carbocycles. The molecule has 42 heavy (non-hydrogen) atoms. The lowest BCUT2D eigenvalue weighted by Crippen LogP contribution is -2.66. The first-order chi connectivity index (χ1) is 19.3. The normalized spacial score (nSPS) is 26.8. The van der Waals surface area contributed by atoms with Crippen LogP contribution in [0.3, 0.4) is 0 Å². The molecule has 4 rings (SSSR count). The molecule has 0 aliphatic carbocycles. The van der Waals surface area contributed by atoms with Gasteiger partial charge >= 0.3 is 17.1 Å². The van der Waals surface area contributed by atoms with E-state index in [1.807, 2.05) is 4.57 Å². The molecule has 2 aliphatic heterocycles. The van der Waals surface area contributed by atoms with Crippen LogP contribution in [0.4, 0.5) is 5.82 Å². The van der Waals surface area contributed by atoms with Crippen LogP contribution in [0, 0.1) is 0 Å². The van der Waals surface area contributed by atoms with Gasteiger partial charge in [0, 0.05) is 0 Å². The third-order valence-electron chi connectivity index (χ3n) is 9.55. The number of anilines is 1. The molecule has 0 bridgehead atoms. The molecule has 4 atom stereocenters. The maximum Gasteiger partial charge on any atom is 0.335 e. The van der Waals surface area contributed by atoms with Crippen molar-refractivity contribution >= 4 is 54.0 Å².